The molecule has 138 valence electrons. The van der Waals surface area contributed by atoms with Gasteiger partial charge in [0.15, 0.2) is 5.96 Å². The second-order valence-electron chi connectivity index (χ2n) is 7.47. The van der Waals surface area contributed by atoms with Gasteiger partial charge >= 0.3 is 0 Å². The van der Waals surface area contributed by atoms with E-state index in [4.69, 9.17) is 9.73 Å². The van der Waals surface area contributed by atoms with Crippen LogP contribution in [0.3, 0.4) is 0 Å². The molecule has 3 fully saturated rings. The number of aliphatic imine (C=N–C) groups is 1. The Kier molecular flexibility index (Phi) is 6.75. The Morgan fingerprint density at radius 1 is 1.21 bits per heavy atom. The lowest BCUT2D eigenvalue weighted by molar-refractivity contribution is 0.0315. The molecule has 24 heavy (non-hydrogen) atoms. The van der Waals surface area contributed by atoms with Crippen molar-refractivity contribution < 1.29 is 9.84 Å². The summed E-state index contributed by atoms with van der Waals surface area (Å²) in [7, 11) is 0. The van der Waals surface area contributed by atoms with Gasteiger partial charge < -0.3 is 20.1 Å². The second-order valence-corrected chi connectivity index (χ2v) is 7.47. The molecular weight excluding hydrogens is 304 g/mol. The van der Waals surface area contributed by atoms with Crippen molar-refractivity contribution in [3.8, 4) is 0 Å². The van der Waals surface area contributed by atoms with E-state index in [-0.39, 0.29) is 6.10 Å². The van der Waals surface area contributed by atoms with Crippen LogP contribution in [0.25, 0.3) is 0 Å². The summed E-state index contributed by atoms with van der Waals surface area (Å²) >= 11 is 0. The third-order valence-corrected chi connectivity index (χ3v) is 5.63. The van der Waals surface area contributed by atoms with E-state index in [0.29, 0.717) is 5.92 Å². The number of aliphatic hydroxyl groups excluding tert-OH is 1. The highest BCUT2D eigenvalue weighted by atomic mass is 16.5. The summed E-state index contributed by atoms with van der Waals surface area (Å²) in [6, 6.07) is 0. The first-order valence-electron chi connectivity index (χ1n) is 9.77. The summed E-state index contributed by atoms with van der Waals surface area (Å²) in [6.07, 6.45) is 4.30. The summed E-state index contributed by atoms with van der Waals surface area (Å²) in [5.74, 6) is 2.12. The molecule has 3 rings (SSSR count). The normalized spacial score (nSPS) is 32.5. The van der Waals surface area contributed by atoms with Gasteiger partial charge in [-0.15, -0.1) is 0 Å². The van der Waals surface area contributed by atoms with Gasteiger partial charge in [0.1, 0.15) is 0 Å². The third-order valence-electron chi connectivity index (χ3n) is 5.63. The number of hydrogen-bond donors (Lipinski definition) is 2. The number of morpholine rings is 1. The smallest absolute Gasteiger partial charge is 0.193 e. The Balaban J connectivity index is 1.50. The van der Waals surface area contributed by atoms with Crippen molar-refractivity contribution in [2.45, 2.75) is 38.7 Å². The van der Waals surface area contributed by atoms with Crippen molar-refractivity contribution in [3.63, 3.8) is 0 Å². The number of nitrogens with one attached hydrogen (secondary N) is 1. The minimum absolute atomic E-state index is 0.149. The van der Waals surface area contributed by atoms with Crippen LogP contribution < -0.4 is 5.32 Å². The number of hydrogen-bond acceptors (Lipinski definition) is 4. The van der Waals surface area contributed by atoms with Crippen LogP contribution in [0.15, 0.2) is 4.99 Å². The first kappa shape index (κ1) is 18.0. The molecule has 3 unspecified atom stereocenters. The molecule has 0 aromatic carbocycles. The predicted molar refractivity (Wildman–Crippen MR) is 96.3 cm³/mol. The van der Waals surface area contributed by atoms with Crippen LogP contribution in [0.2, 0.25) is 0 Å². The maximum Gasteiger partial charge on any atom is 0.193 e. The van der Waals surface area contributed by atoms with Crippen molar-refractivity contribution in [2.75, 3.05) is 59.0 Å². The third kappa shape index (κ3) is 4.83. The molecule has 0 amide bonds. The van der Waals surface area contributed by atoms with Gasteiger partial charge in [0, 0.05) is 51.7 Å². The number of likely N-dealkylation sites (tertiary alicyclic amines) is 1. The molecule has 0 radical (unpaired) electrons. The molecule has 3 aliphatic rings. The van der Waals surface area contributed by atoms with Crippen LogP contribution >= 0.6 is 0 Å². The van der Waals surface area contributed by atoms with E-state index in [0.717, 1.165) is 83.6 Å². The minimum Gasteiger partial charge on any atom is -0.393 e. The lowest BCUT2D eigenvalue weighted by atomic mass is 10.1. The molecule has 6 heteroatoms. The fourth-order valence-electron chi connectivity index (χ4n) is 4.18. The highest BCUT2D eigenvalue weighted by molar-refractivity contribution is 5.80. The van der Waals surface area contributed by atoms with Crippen molar-refractivity contribution in [2.24, 2.45) is 16.8 Å². The van der Waals surface area contributed by atoms with Crippen LogP contribution in [0.4, 0.5) is 0 Å². The predicted octanol–water partition coefficient (Wildman–Crippen LogP) is 0.767. The lowest BCUT2D eigenvalue weighted by Crippen LogP contribution is -2.42. The molecule has 0 aromatic heterocycles. The van der Waals surface area contributed by atoms with E-state index in [9.17, 15) is 5.11 Å². The van der Waals surface area contributed by atoms with Gasteiger partial charge in [-0.2, -0.15) is 0 Å². The van der Waals surface area contributed by atoms with Gasteiger partial charge in [0.2, 0.25) is 0 Å². The van der Waals surface area contributed by atoms with E-state index in [1.54, 1.807) is 0 Å². The summed E-state index contributed by atoms with van der Waals surface area (Å²) in [6.45, 7) is 11.1. The Bertz CT molecular complexity index is 412. The molecule has 3 atom stereocenters. The summed E-state index contributed by atoms with van der Waals surface area (Å²) < 4.78 is 5.44. The van der Waals surface area contributed by atoms with E-state index in [2.05, 4.69) is 22.0 Å². The van der Waals surface area contributed by atoms with E-state index in [1.807, 2.05) is 0 Å². The molecule has 0 bridgehead atoms. The first-order chi connectivity index (χ1) is 11.8. The molecular formula is C18H34N4O2. The first-order valence-corrected chi connectivity index (χ1v) is 9.77. The van der Waals surface area contributed by atoms with Gasteiger partial charge in [0.05, 0.1) is 19.3 Å². The number of ether oxygens (including phenoxy) is 1. The van der Waals surface area contributed by atoms with Gasteiger partial charge in [0.25, 0.3) is 0 Å². The van der Waals surface area contributed by atoms with Crippen LogP contribution in [-0.2, 0) is 4.74 Å². The standard InChI is InChI=1S/C18H34N4O2/c1-2-19-18(20-12-16-4-3-5-17(16)23)22-7-6-15(14-22)13-21-8-10-24-11-9-21/h15-17,23H,2-14H2,1H3,(H,19,20). The zero-order valence-electron chi connectivity index (χ0n) is 15.1. The minimum atomic E-state index is -0.149. The van der Waals surface area contributed by atoms with Crippen LogP contribution in [0.1, 0.15) is 32.6 Å². The SMILES string of the molecule is CCNC(=NCC1CCCC1O)N1CCC(CN2CCOCC2)C1. The summed E-state index contributed by atoms with van der Waals surface area (Å²) in [5.41, 5.74) is 0. The molecule has 0 aromatic rings. The van der Waals surface area contributed by atoms with Gasteiger partial charge in [-0.1, -0.05) is 6.42 Å². The van der Waals surface area contributed by atoms with Crippen molar-refractivity contribution in [1.82, 2.24) is 15.1 Å². The average molecular weight is 338 g/mol. The molecule has 0 spiro atoms. The number of aliphatic hydroxyl groups is 1. The van der Waals surface area contributed by atoms with Crippen LogP contribution in [0.5, 0.6) is 0 Å². The van der Waals surface area contributed by atoms with Gasteiger partial charge in [-0.05, 0) is 32.1 Å². The van der Waals surface area contributed by atoms with E-state index in [1.165, 1.54) is 13.0 Å². The molecule has 2 saturated heterocycles. The topological polar surface area (TPSA) is 60.3 Å². The van der Waals surface area contributed by atoms with Gasteiger partial charge in [-0.25, -0.2) is 0 Å². The Labute approximate surface area is 146 Å². The zero-order valence-corrected chi connectivity index (χ0v) is 15.1. The van der Waals surface area contributed by atoms with E-state index < -0.39 is 0 Å². The number of rotatable bonds is 5. The monoisotopic (exact) mass is 338 g/mol. The average Bonchev–Trinajstić information content (AvgIpc) is 3.22. The molecule has 2 heterocycles. The molecule has 1 aliphatic carbocycles. The largest absolute Gasteiger partial charge is 0.393 e. The maximum absolute atomic E-state index is 10.0. The fraction of sp³-hybridized carbons (Fsp3) is 0.944. The van der Waals surface area contributed by atoms with Crippen molar-refractivity contribution in [1.29, 1.82) is 0 Å². The molecule has 2 aliphatic heterocycles. The fourth-order valence-corrected chi connectivity index (χ4v) is 4.18. The Morgan fingerprint density at radius 2 is 2.04 bits per heavy atom. The maximum atomic E-state index is 10.0. The highest BCUT2D eigenvalue weighted by Crippen LogP contribution is 2.26. The zero-order chi connectivity index (χ0) is 16.8. The summed E-state index contributed by atoms with van der Waals surface area (Å²) in [5, 5.41) is 13.5. The van der Waals surface area contributed by atoms with E-state index >= 15 is 0 Å². The second kappa shape index (κ2) is 9.02. The Morgan fingerprint density at radius 3 is 2.75 bits per heavy atom. The van der Waals surface area contributed by atoms with Crippen LogP contribution in [0, 0.1) is 11.8 Å². The quantitative estimate of drug-likeness (QED) is 0.573. The molecule has 2 N–H and O–H groups in total. The highest BCUT2D eigenvalue weighted by Gasteiger charge is 2.28. The van der Waals surface area contributed by atoms with Crippen molar-refractivity contribution in [3.05, 3.63) is 0 Å². The number of nitrogens with zero attached hydrogens (tertiary/aromatic N) is 3. The molecule has 6 nitrogen and oxygen atoms in total. The molecule has 1 saturated carbocycles. The Hall–Kier alpha value is -0.850. The lowest BCUT2D eigenvalue weighted by Gasteiger charge is -2.29. The van der Waals surface area contributed by atoms with Crippen molar-refractivity contribution >= 4 is 5.96 Å². The van der Waals surface area contributed by atoms with Crippen LogP contribution in [-0.4, -0.2) is 86.0 Å². The summed E-state index contributed by atoms with van der Waals surface area (Å²) in [4.78, 5) is 9.80. The van der Waals surface area contributed by atoms with Gasteiger partial charge in [-0.3, -0.25) is 9.89 Å². The number of guanidine groups is 1.